The highest BCUT2D eigenvalue weighted by molar-refractivity contribution is 5.95. The van der Waals surface area contributed by atoms with Crippen LogP contribution in [0.3, 0.4) is 0 Å². The summed E-state index contributed by atoms with van der Waals surface area (Å²) >= 11 is 0. The number of nitrogens with zero attached hydrogens (tertiary/aromatic N) is 3. The molecule has 0 aliphatic carbocycles. The Hall–Kier alpha value is -2.15. The van der Waals surface area contributed by atoms with Crippen molar-refractivity contribution >= 4 is 17.3 Å². The zero-order valence-electron chi connectivity index (χ0n) is 12.6. The Morgan fingerprint density at radius 2 is 2.00 bits per heavy atom. The van der Waals surface area contributed by atoms with Crippen molar-refractivity contribution < 1.29 is 14.8 Å². The number of carboxylic acids is 1. The van der Waals surface area contributed by atoms with Gasteiger partial charge in [-0.25, -0.2) is 4.79 Å². The normalized spacial score (nSPS) is 10.7. The Kier molecular flexibility index (Phi) is 6.10. The van der Waals surface area contributed by atoms with Crippen LogP contribution in [-0.4, -0.2) is 54.6 Å². The van der Waals surface area contributed by atoms with Crippen LogP contribution >= 0.6 is 0 Å². The standard InChI is InChI=1S/C14H21N3O4/c1-4-16(9-5-8-15(2)3)13-10-11(17(20)21)6-7-12(13)14(18)19/h6-7,10H,4-5,8-9H2,1-3H3,(H,18,19). The molecule has 0 aliphatic heterocycles. The second-order valence-corrected chi connectivity index (χ2v) is 5.00. The molecule has 1 aromatic rings. The minimum Gasteiger partial charge on any atom is -0.478 e. The number of carboxylic acid groups (broad SMARTS) is 1. The molecule has 0 heterocycles. The third kappa shape index (κ3) is 4.71. The molecule has 0 radical (unpaired) electrons. The van der Waals surface area contributed by atoms with Crippen LogP contribution in [0.4, 0.5) is 11.4 Å². The molecule has 0 spiro atoms. The maximum Gasteiger partial charge on any atom is 0.337 e. The Balaban J connectivity index is 3.06. The average molecular weight is 295 g/mol. The minimum absolute atomic E-state index is 0.0901. The second-order valence-electron chi connectivity index (χ2n) is 5.00. The number of non-ortho nitro benzene ring substituents is 1. The molecule has 1 N–H and O–H groups in total. The summed E-state index contributed by atoms with van der Waals surface area (Å²) in [5.41, 5.74) is 0.395. The molecular weight excluding hydrogens is 274 g/mol. The molecule has 0 amide bonds. The van der Waals surface area contributed by atoms with E-state index >= 15 is 0 Å². The first-order valence-electron chi connectivity index (χ1n) is 6.78. The average Bonchev–Trinajstić information content (AvgIpc) is 2.42. The van der Waals surface area contributed by atoms with Crippen molar-refractivity contribution in [2.75, 3.05) is 38.6 Å². The lowest BCUT2D eigenvalue weighted by atomic mass is 10.1. The van der Waals surface area contributed by atoms with Crippen LogP contribution in [0.25, 0.3) is 0 Å². The van der Waals surface area contributed by atoms with Gasteiger partial charge in [-0.1, -0.05) is 0 Å². The number of carbonyl (C=O) groups is 1. The van der Waals surface area contributed by atoms with Gasteiger partial charge < -0.3 is 14.9 Å². The van der Waals surface area contributed by atoms with Gasteiger partial charge in [0.15, 0.2) is 0 Å². The van der Waals surface area contributed by atoms with E-state index in [1.807, 2.05) is 30.8 Å². The van der Waals surface area contributed by atoms with Gasteiger partial charge in [0.2, 0.25) is 0 Å². The summed E-state index contributed by atoms with van der Waals surface area (Å²) < 4.78 is 0. The van der Waals surface area contributed by atoms with Crippen molar-refractivity contribution in [1.29, 1.82) is 0 Å². The number of hydrogen-bond donors (Lipinski definition) is 1. The molecule has 0 fully saturated rings. The lowest BCUT2D eigenvalue weighted by Crippen LogP contribution is -2.28. The van der Waals surface area contributed by atoms with Crippen molar-refractivity contribution in [3.05, 3.63) is 33.9 Å². The highest BCUT2D eigenvalue weighted by Gasteiger charge is 2.19. The zero-order chi connectivity index (χ0) is 16.0. The molecule has 21 heavy (non-hydrogen) atoms. The molecule has 0 bridgehead atoms. The fourth-order valence-corrected chi connectivity index (χ4v) is 2.10. The lowest BCUT2D eigenvalue weighted by Gasteiger charge is -2.25. The molecule has 0 atom stereocenters. The maximum atomic E-state index is 11.3. The van der Waals surface area contributed by atoms with E-state index in [1.165, 1.54) is 18.2 Å². The third-order valence-corrected chi connectivity index (χ3v) is 3.18. The molecule has 0 aliphatic rings. The van der Waals surface area contributed by atoms with E-state index in [2.05, 4.69) is 0 Å². The zero-order valence-corrected chi connectivity index (χ0v) is 12.6. The van der Waals surface area contributed by atoms with Crippen molar-refractivity contribution in [3.8, 4) is 0 Å². The molecule has 7 heteroatoms. The maximum absolute atomic E-state index is 11.3. The topological polar surface area (TPSA) is 86.9 Å². The van der Waals surface area contributed by atoms with Gasteiger partial charge >= 0.3 is 5.97 Å². The molecule has 0 saturated carbocycles. The summed E-state index contributed by atoms with van der Waals surface area (Å²) in [7, 11) is 3.93. The lowest BCUT2D eigenvalue weighted by molar-refractivity contribution is -0.384. The molecular formula is C14H21N3O4. The number of nitro groups is 1. The number of aromatic carboxylic acids is 1. The third-order valence-electron chi connectivity index (χ3n) is 3.18. The number of hydrogen-bond acceptors (Lipinski definition) is 5. The molecule has 0 aromatic heterocycles. The predicted molar refractivity (Wildman–Crippen MR) is 81.1 cm³/mol. The Bertz CT molecular complexity index is 517. The summed E-state index contributed by atoms with van der Waals surface area (Å²) in [6.45, 7) is 4.01. The van der Waals surface area contributed by atoms with E-state index in [9.17, 15) is 20.0 Å². The quantitative estimate of drug-likeness (QED) is 0.583. The van der Waals surface area contributed by atoms with Gasteiger partial charge in [-0.3, -0.25) is 10.1 Å². The van der Waals surface area contributed by atoms with Crippen LogP contribution in [0.2, 0.25) is 0 Å². The smallest absolute Gasteiger partial charge is 0.337 e. The Morgan fingerprint density at radius 3 is 2.48 bits per heavy atom. The summed E-state index contributed by atoms with van der Waals surface area (Å²) in [6, 6.07) is 3.85. The second kappa shape index (κ2) is 7.58. The van der Waals surface area contributed by atoms with Gasteiger partial charge in [-0.2, -0.15) is 0 Å². The van der Waals surface area contributed by atoms with E-state index in [-0.39, 0.29) is 11.3 Å². The van der Waals surface area contributed by atoms with Crippen LogP contribution < -0.4 is 4.90 Å². The number of nitro benzene ring substituents is 1. The van der Waals surface area contributed by atoms with Crippen LogP contribution in [0.15, 0.2) is 18.2 Å². The van der Waals surface area contributed by atoms with E-state index in [1.54, 1.807) is 0 Å². The van der Waals surface area contributed by atoms with Crippen LogP contribution in [0, 0.1) is 10.1 Å². The van der Waals surface area contributed by atoms with Crippen LogP contribution in [0.1, 0.15) is 23.7 Å². The predicted octanol–water partition coefficient (Wildman–Crippen LogP) is 2.07. The van der Waals surface area contributed by atoms with Gasteiger partial charge in [-0.05, 0) is 40.1 Å². The first-order valence-corrected chi connectivity index (χ1v) is 6.78. The molecule has 116 valence electrons. The van der Waals surface area contributed by atoms with Crippen LogP contribution in [0.5, 0.6) is 0 Å². The van der Waals surface area contributed by atoms with E-state index in [4.69, 9.17) is 0 Å². The van der Waals surface area contributed by atoms with Crippen molar-refractivity contribution in [1.82, 2.24) is 4.90 Å². The molecule has 7 nitrogen and oxygen atoms in total. The largest absolute Gasteiger partial charge is 0.478 e. The summed E-state index contributed by atoms with van der Waals surface area (Å²) in [5, 5.41) is 20.1. The van der Waals surface area contributed by atoms with Gasteiger partial charge in [0.1, 0.15) is 0 Å². The SMILES string of the molecule is CCN(CCCN(C)C)c1cc([N+](=O)[O-])ccc1C(=O)O. The monoisotopic (exact) mass is 295 g/mol. The summed E-state index contributed by atoms with van der Waals surface area (Å²) in [4.78, 5) is 25.6. The first-order chi connectivity index (χ1) is 9.86. The molecule has 1 rings (SSSR count). The highest BCUT2D eigenvalue weighted by atomic mass is 16.6. The van der Waals surface area contributed by atoms with Crippen molar-refractivity contribution in [3.63, 3.8) is 0 Å². The van der Waals surface area contributed by atoms with Gasteiger partial charge in [0.05, 0.1) is 16.2 Å². The number of rotatable bonds is 8. The van der Waals surface area contributed by atoms with Crippen molar-refractivity contribution in [2.45, 2.75) is 13.3 Å². The highest BCUT2D eigenvalue weighted by Crippen LogP contribution is 2.26. The minimum atomic E-state index is -1.08. The Morgan fingerprint density at radius 1 is 1.33 bits per heavy atom. The summed E-state index contributed by atoms with van der Waals surface area (Å²) in [5.74, 6) is -1.08. The number of benzene rings is 1. The van der Waals surface area contributed by atoms with E-state index in [0.29, 0.717) is 18.8 Å². The number of anilines is 1. The van der Waals surface area contributed by atoms with Crippen LogP contribution in [-0.2, 0) is 0 Å². The Labute approximate surface area is 123 Å². The summed E-state index contributed by atoms with van der Waals surface area (Å²) in [6.07, 6.45) is 0.850. The van der Waals surface area contributed by atoms with Crippen molar-refractivity contribution in [2.24, 2.45) is 0 Å². The fraction of sp³-hybridized carbons (Fsp3) is 0.500. The van der Waals surface area contributed by atoms with Gasteiger partial charge in [0.25, 0.3) is 5.69 Å². The fourth-order valence-electron chi connectivity index (χ4n) is 2.10. The molecule has 0 unspecified atom stereocenters. The molecule has 0 saturated heterocycles. The van der Waals surface area contributed by atoms with Gasteiger partial charge in [-0.15, -0.1) is 0 Å². The van der Waals surface area contributed by atoms with E-state index < -0.39 is 10.9 Å². The first kappa shape index (κ1) is 16.9. The van der Waals surface area contributed by atoms with E-state index in [0.717, 1.165) is 13.0 Å². The molecule has 1 aromatic carbocycles. The van der Waals surface area contributed by atoms with Gasteiger partial charge in [0, 0.05) is 25.2 Å².